The average molecular weight is 262 g/mol. The van der Waals surface area contributed by atoms with Crippen LogP contribution in [0.4, 0.5) is 5.69 Å². The molecule has 4 nitrogen and oxygen atoms in total. The van der Waals surface area contributed by atoms with Gasteiger partial charge in [0.15, 0.2) is 6.10 Å². The Labute approximate surface area is 114 Å². The smallest absolute Gasteiger partial charge is 0.260 e. The maximum atomic E-state index is 11.8. The molecule has 104 valence electrons. The maximum Gasteiger partial charge on any atom is 0.260 e. The molecule has 1 amide bonds. The van der Waals surface area contributed by atoms with Crippen molar-refractivity contribution in [1.29, 1.82) is 0 Å². The molecule has 0 saturated heterocycles. The Morgan fingerprint density at radius 3 is 2.74 bits per heavy atom. The highest BCUT2D eigenvalue weighted by atomic mass is 16.5. The van der Waals surface area contributed by atoms with Gasteiger partial charge in [-0.25, -0.2) is 0 Å². The Hall–Kier alpha value is -1.97. The van der Waals surface area contributed by atoms with Gasteiger partial charge in [0.1, 0.15) is 5.75 Å². The third-order valence-corrected chi connectivity index (χ3v) is 2.55. The minimum atomic E-state index is -0.547. The van der Waals surface area contributed by atoms with E-state index in [0.717, 1.165) is 5.56 Å². The van der Waals surface area contributed by atoms with Crippen LogP contribution in [-0.4, -0.2) is 18.1 Å². The van der Waals surface area contributed by atoms with Crippen molar-refractivity contribution in [3.05, 3.63) is 36.4 Å². The fraction of sp³-hybridized carbons (Fsp3) is 0.400. The van der Waals surface area contributed by atoms with Crippen molar-refractivity contribution < 1.29 is 9.53 Å². The van der Waals surface area contributed by atoms with Crippen LogP contribution in [0.25, 0.3) is 0 Å². The standard InChI is InChI=1S/C15H22N2O2/c1-5-6-12-9-13(16)7-8-14(12)19-11(4)15(18)17-10(2)3/h5,7-11H,1,6,16H2,2-4H3,(H,17,18). The summed E-state index contributed by atoms with van der Waals surface area (Å²) in [5.74, 6) is 0.539. The minimum Gasteiger partial charge on any atom is -0.481 e. The molecule has 0 aliphatic rings. The normalized spacial score (nSPS) is 12.0. The highest BCUT2D eigenvalue weighted by Crippen LogP contribution is 2.23. The van der Waals surface area contributed by atoms with E-state index in [-0.39, 0.29) is 11.9 Å². The zero-order valence-electron chi connectivity index (χ0n) is 11.8. The number of nitrogens with two attached hydrogens (primary N) is 1. The Bertz CT molecular complexity index is 455. The summed E-state index contributed by atoms with van der Waals surface area (Å²) >= 11 is 0. The molecule has 0 heterocycles. The summed E-state index contributed by atoms with van der Waals surface area (Å²) in [7, 11) is 0. The van der Waals surface area contributed by atoms with Crippen molar-refractivity contribution in [2.45, 2.75) is 39.3 Å². The van der Waals surface area contributed by atoms with Crippen molar-refractivity contribution in [3.63, 3.8) is 0 Å². The van der Waals surface area contributed by atoms with Crippen molar-refractivity contribution >= 4 is 11.6 Å². The molecular formula is C15H22N2O2. The van der Waals surface area contributed by atoms with Gasteiger partial charge in [-0.1, -0.05) is 6.08 Å². The predicted octanol–water partition coefficient (Wildman–Crippen LogP) is 2.29. The third kappa shape index (κ3) is 4.66. The summed E-state index contributed by atoms with van der Waals surface area (Å²) in [5.41, 5.74) is 7.34. The summed E-state index contributed by atoms with van der Waals surface area (Å²) in [5, 5.41) is 2.82. The van der Waals surface area contributed by atoms with Crippen LogP contribution in [0.3, 0.4) is 0 Å². The zero-order valence-corrected chi connectivity index (χ0v) is 11.8. The van der Waals surface area contributed by atoms with Gasteiger partial charge in [0.05, 0.1) is 0 Å². The average Bonchev–Trinajstić information content (AvgIpc) is 2.32. The van der Waals surface area contributed by atoms with Gasteiger partial charge in [0, 0.05) is 11.7 Å². The second-order valence-electron chi connectivity index (χ2n) is 4.78. The largest absolute Gasteiger partial charge is 0.481 e. The van der Waals surface area contributed by atoms with Gasteiger partial charge in [-0.15, -0.1) is 6.58 Å². The van der Waals surface area contributed by atoms with E-state index in [4.69, 9.17) is 10.5 Å². The van der Waals surface area contributed by atoms with E-state index in [1.165, 1.54) is 0 Å². The number of rotatable bonds is 6. The number of allylic oxidation sites excluding steroid dienone is 1. The molecule has 1 atom stereocenters. The number of amides is 1. The first kappa shape index (κ1) is 15.1. The quantitative estimate of drug-likeness (QED) is 0.610. The van der Waals surface area contributed by atoms with Crippen LogP contribution >= 0.6 is 0 Å². The van der Waals surface area contributed by atoms with Crippen LogP contribution in [0.5, 0.6) is 5.75 Å². The Kier molecular flexibility index (Phi) is 5.42. The van der Waals surface area contributed by atoms with Crippen molar-refractivity contribution in [1.82, 2.24) is 5.32 Å². The molecule has 0 saturated carbocycles. The first-order valence-corrected chi connectivity index (χ1v) is 6.40. The monoisotopic (exact) mass is 262 g/mol. The molecule has 0 aromatic heterocycles. The van der Waals surface area contributed by atoms with E-state index in [9.17, 15) is 4.79 Å². The van der Waals surface area contributed by atoms with Crippen molar-refractivity contribution in [3.8, 4) is 5.75 Å². The summed E-state index contributed by atoms with van der Waals surface area (Å²) in [6.45, 7) is 9.26. The second-order valence-corrected chi connectivity index (χ2v) is 4.78. The number of carbonyl (C=O) groups excluding carboxylic acids is 1. The number of carbonyl (C=O) groups is 1. The van der Waals surface area contributed by atoms with E-state index in [2.05, 4.69) is 11.9 Å². The first-order valence-electron chi connectivity index (χ1n) is 6.40. The van der Waals surface area contributed by atoms with Gasteiger partial charge in [0.25, 0.3) is 5.91 Å². The molecule has 1 rings (SSSR count). The number of hydrogen-bond donors (Lipinski definition) is 2. The van der Waals surface area contributed by atoms with Gasteiger partial charge < -0.3 is 15.8 Å². The topological polar surface area (TPSA) is 64.3 Å². The lowest BCUT2D eigenvalue weighted by Crippen LogP contribution is -2.40. The molecule has 3 N–H and O–H groups in total. The van der Waals surface area contributed by atoms with E-state index < -0.39 is 6.10 Å². The molecule has 0 aliphatic carbocycles. The molecule has 0 bridgehead atoms. The summed E-state index contributed by atoms with van der Waals surface area (Å²) in [6.07, 6.45) is 1.88. The molecule has 0 fully saturated rings. The van der Waals surface area contributed by atoms with Crippen LogP contribution < -0.4 is 15.8 Å². The lowest BCUT2D eigenvalue weighted by molar-refractivity contribution is -0.127. The van der Waals surface area contributed by atoms with Crippen LogP contribution in [0, 0.1) is 0 Å². The van der Waals surface area contributed by atoms with Gasteiger partial charge in [-0.2, -0.15) is 0 Å². The third-order valence-electron chi connectivity index (χ3n) is 2.55. The van der Waals surface area contributed by atoms with Gasteiger partial charge in [-0.05, 0) is 51.0 Å². The van der Waals surface area contributed by atoms with Gasteiger partial charge >= 0.3 is 0 Å². The lowest BCUT2D eigenvalue weighted by atomic mass is 10.1. The highest BCUT2D eigenvalue weighted by molar-refractivity contribution is 5.81. The van der Waals surface area contributed by atoms with Crippen LogP contribution in [0.1, 0.15) is 26.3 Å². The van der Waals surface area contributed by atoms with E-state index >= 15 is 0 Å². The second kappa shape index (κ2) is 6.83. The lowest BCUT2D eigenvalue weighted by Gasteiger charge is -2.18. The molecule has 0 spiro atoms. The maximum absolute atomic E-state index is 11.8. The van der Waals surface area contributed by atoms with Gasteiger partial charge in [-0.3, -0.25) is 4.79 Å². The Morgan fingerprint density at radius 2 is 2.16 bits per heavy atom. The molecule has 1 aromatic rings. The number of nitrogen functional groups attached to an aromatic ring is 1. The van der Waals surface area contributed by atoms with E-state index in [0.29, 0.717) is 17.9 Å². The number of ether oxygens (including phenoxy) is 1. The summed E-state index contributed by atoms with van der Waals surface area (Å²) in [6, 6.07) is 5.48. The van der Waals surface area contributed by atoms with Crippen LogP contribution in [0.15, 0.2) is 30.9 Å². The fourth-order valence-electron chi connectivity index (χ4n) is 1.68. The molecule has 4 heteroatoms. The number of nitrogens with one attached hydrogen (secondary N) is 1. The van der Waals surface area contributed by atoms with E-state index in [1.54, 1.807) is 25.1 Å². The Morgan fingerprint density at radius 1 is 1.47 bits per heavy atom. The molecule has 1 aromatic carbocycles. The Balaban J connectivity index is 2.80. The van der Waals surface area contributed by atoms with Gasteiger partial charge in [0.2, 0.25) is 0 Å². The number of anilines is 1. The molecule has 19 heavy (non-hydrogen) atoms. The predicted molar refractivity (Wildman–Crippen MR) is 78.1 cm³/mol. The van der Waals surface area contributed by atoms with Crippen molar-refractivity contribution in [2.75, 3.05) is 5.73 Å². The molecule has 0 aliphatic heterocycles. The van der Waals surface area contributed by atoms with E-state index in [1.807, 2.05) is 19.9 Å². The first-order chi connectivity index (χ1) is 8.93. The highest BCUT2D eigenvalue weighted by Gasteiger charge is 2.16. The molecular weight excluding hydrogens is 240 g/mol. The zero-order chi connectivity index (χ0) is 14.4. The summed E-state index contributed by atoms with van der Waals surface area (Å²) in [4.78, 5) is 11.8. The molecule has 0 radical (unpaired) electrons. The number of hydrogen-bond acceptors (Lipinski definition) is 3. The minimum absolute atomic E-state index is 0.0950. The number of benzene rings is 1. The van der Waals surface area contributed by atoms with Crippen molar-refractivity contribution in [2.24, 2.45) is 0 Å². The summed E-state index contributed by atoms with van der Waals surface area (Å²) < 4.78 is 5.70. The SMILES string of the molecule is C=CCc1cc(N)ccc1OC(C)C(=O)NC(C)C. The fourth-order valence-corrected chi connectivity index (χ4v) is 1.68. The van der Waals surface area contributed by atoms with Crippen LogP contribution in [0.2, 0.25) is 0 Å². The van der Waals surface area contributed by atoms with Crippen LogP contribution in [-0.2, 0) is 11.2 Å². The molecule has 1 unspecified atom stereocenters.